The Morgan fingerprint density at radius 3 is 2.91 bits per heavy atom. The van der Waals surface area contributed by atoms with Crippen LogP contribution in [0.25, 0.3) is 0 Å². The molecule has 1 saturated heterocycles. The average molecular weight is 348 g/mol. The van der Waals surface area contributed by atoms with Crippen LogP contribution in [0.15, 0.2) is 0 Å². The van der Waals surface area contributed by atoms with Crippen molar-refractivity contribution in [1.29, 1.82) is 5.26 Å². The lowest BCUT2D eigenvalue weighted by atomic mass is 10.1. The summed E-state index contributed by atoms with van der Waals surface area (Å²) >= 11 is 2.92. The third kappa shape index (κ3) is 3.46. The minimum atomic E-state index is 0.0899. The van der Waals surface area contributed by atoms with E-state index in [4.69, 9.17) is 0 Å². The van der Waals surface area contributed by atoms with Gasteiger partial charge in [0.05, 0.1) is 5.56 Å². The van der Waals surface area contributed by atoms with E-state index in [1.807, 2.05) is 0 Å². The standard InChI is InChI=1S/C17H20N2O2S2/c1-11(20)22-10-12-7-16(21)19(9-12)17-14(8-18)13-5-3-2-4-6-15(13)23-17/h12H,2-7,9-10H2,1H3. The molecule has 1 fully saturated rings. The van der Waals surface area contributed by atoms with Crippen LogP contribution >= 0.6 is 23.1 Å². The molecule has 1 aromatic rings. The van der Waals surface area contributed by atoms with E-state index in [0.717, 1.165) is 29.8 Å². The number of anilines is 1. The highest BCUT2D eigenvalue weighted by Gasteiger charge is 2.34. The second kappa shape index (κ2) is 7.06. The Balaban J connectivity index is 1.83. The van der Waals surface area contributed by atoms with E-state index >= 15 is 0 Å². The van der Waals surface area contributed by atoms with Crippen LogP contribution < -0.4 is 4.90 Å². The molecule has 1 aromatic heterocycles. The Labute approximate surface area is 144 Å². The third-order valence-corrected chi connectivity index (χ3v) is 6.85. The number of rotatable bonds is 3. The lowest BCUT2D eigenvalue weighted by molar-refractivity contribution is -0.117. The van der Waals surface area contributed by atoms with E-state index in [1.165, 1.54) is 35.0 Å². The summed E-state index contributed by atoms with van der Waals surface area (Å²) in [4.78, 5) is 26.6. The van der Waals surface area contributed by atoms with Crippen molar-refractivity contribution in [1.82, 2.24) is 0 Å². The molecule has 6 heteroatoms. The fourth-order valence-corrected chi connectivity index (χ4v) is 5.42. The van der Waals surface area contributed by atoms with Crippen molar-refractivity contribution in [3.63, 3.8) is 0 Å². The molecule has 1 atom stereocenters. The van der Waals surface area contributed by atoms with E-state index in [0.29, 0.717) is 18.7 Å². The van der Waals surface area contributed by atoms with Crippen molar-refractivity contribution in [3.8, 4) is 6.07 Å². The molecule has 4 nitrogen and oxygen atoms in total. The molecular formula is C17H20N2O2S2. The van der Waals surface area contributed by atoms with E-state index < -0.39 is 0 Å². The van der Waals surface area contributed by atoms with Gasteiger partial charge in [-0.05, 0) is 37.2 Å². The van der Waals surface area contributed by atoms with E-state index in [9.17, 15) is 14.9 Å². The number of nitriles is 1. The molecule has 0 aromatic carbocycles. The predicted molar refractivity (Wildman–Crippen MR) is 93.9 cm³/mol. The topological polar surface area (TPSA) is 61.2 Å². The SMILES string of the molecule is CC(=O)SCC1CC(=O)N(c2sc3c(c2C#N)CCCCC3)C1. The molecule has 23 heavy (non-hydrogen) atoms. The highest BCUT2D eigenvalue weighted by atomic mass is 32.2. The number of aryl methyl sites for hydroxylation is 1. The van der Waals surface area contributed by atoms with Crippen molar-refractivity contribution in [2.24, 2.45) is 5.92 Å². The van der Waals surface area contributed by atoms with Gasteiger partial charge in [-0.15, -0.1) is 11.3 Å². The zero-order valence-electron chi connectivity index (χ0n) is 13.3. The summed E-state index contributed by atoms with van der Waals surface area (Å²) in [7, 11) is 0. The zero-order valence-corrected chi connectivity index (χ0v) is 14.9. The lowest BCUT2D eigenvalue weighted by Gasteiger charge is -2.15. The highest BCUT2D eigenvalue weighted by molar-refractivity contribution is 8.13. The van der Waals surface area contributed by atoms with E-state index in [-0.39, 0.29) is 16.9 Å². The maximum absolute atomic E-state index is 12.4. The fourth-order valence-electron chi connectivity index (χ4n) is 3.36. The Kier molecular flexibility index (Phi) is 5.08. The summed E-state index contributed by atoms with van der Waals surface area (Å²) in [5.41, 5.74) is 1.90. The van der Waals surface area contributed by atoms with Gasteiger partial charge in [-0.2, -0.15) is 5.26 Å². The summed E-state index contributed by atoms with van der Waals surface area (Å²) in [5.74, 6) is 0.974. The summed E-state index contributed by atoms with van der Waals surface area (Å²) < 4.78 is 0. The molecule has 3 rings (SSSR count). The van der Waals surface area contributed by atoms with Crippen LogP contribution in [-0.4, -0.2) is 23.3 Å². The molecule has 0 N–H and O–H groups in total. The number of amides is 1. The molecule has 1 aliphatic carbocycles. The van der Waals surface area contributed by atoms with Crippen LogP contribution in [0.1, 0.15) is 48.6 Å². The van der Waals surface area contributed by atoms with Crippen LogP contribution in [0.3, 0.4) is 0 Å². The second-order valence-corrected chi connectivity index (χ2v) is 8.51. The first-order chi connectivity index (χ1) is 11.1. The van der Waals surface area contributed by atoms with Crippen LogP contribution in [0, 0.1) is 17.2 Å². The number of nitrogens with zero attached hydrogens (tertiary/aromatic N) is 2. The quantitative estimate of drug-likeness (QED) is 0.784. The average Bonchev–Trinajstić information content (AvgIpc) is 2.96. The monoisotopic (exact) mass is 348 g/mol. The molecule has 122 valence electrons. The second-order valence-electron chi connectivity index (χ2n) is 6.23. The summed E-state index contributed by atoms with van der Waals surface area (Å²) in [6.45, 7) is 2.19. The van der Waals surface area contributed by atoms with E-state index in [2.05, 4.69) is 6.07 Å². The number of fused-ring (bicyclic) bond motifs is 1. The third-order valence-electron chi connectivity index (χ3n) is 4.49. The molecule has 1 aliphatic heterocycles. The first kappa shape index (κ1) is 16.5. The Hall–Kier alpha value is -1.32. The number of hydrogen-bond acceptors (Lipinski definition) is 5. The maximum atomic E-state index is 12.4. The van der Waals surface area contributed by atoms with Crippen molar-refractivity contribution in [2.45, 2.75) is 45.4 Å². The van der Waals surface area contributed by atoms with Gasteiger partial charge >= 0.3 is 0 Å². The van der Waals surface area contributed by atoms with Crippen molar-refractivity contribution in [2.75, 3.05) is 17.2 Å². The minimum absolute atomic E-state index is 0.0899. The number of carbonyl (C=O) groups is 2. The fraction of sp³-hybridized carbons (Fsp3) is 0.588. The highest BCUT2D eigenvalue weighted by Crippen LogP contribution is 2.41. The Bertz CT molecular complexity index is 675. The van der Waals surface area contributed by atoms with Crippen LogP contribution in [0.4, 0.5) is 5.00 Å². The minimum Gasteiger partial charge on any atom is -0.302 e. The van der Waals surface area contributed by atoms with Gasteiger partial charge in [0.1, 0.15) is 11.1 Å². The summed E-state index contributed by atoms with van der Waals surface area (Å²) in [5, 5.41) is 10.6. The molecule has 0 saturated carbocycles. The Morgan fingerprint density at radius 1 is 1.39 bits per heavy atom. The number of thioether (sulfide) groups is 1. The van der Waals surface area contributed by atoms with Crippen LogP contribution in [0.5, 0.6) is 0 Å². The summed E-state index contributed by atoms with van der Waals surface area (Å²) in [6, 6.07) is 2.35. The van der Waals surface area contributed by atoms with Gasteiger partial charge < -0.3 is 4.90 Å². The lowest BCUT2D eigenvalue weighted by Crippen LogP contribution is -2.24. The van der Waals surface area contributed by atoms with E-state index in [1.54, 1.807) is 23.2 Å². The zero-order chi connectivity index (χ0) is 16.4. The molecule has 0 bridgehead atoms. The molecule has 0 radical (unpaired) electrons. The van der Waals surface area contributed by atoms with Gasteiger partial charge in [0.15, 0.2) is 5.12 Å². The van der Waals surface area contributed by atoms with Gasteiger partial charge in [0.2, 0.25) is 5.91 Å². The largest absolute Gasteiger partial charge is 0.302 e. The van der Waals surface area contributed by atoms with Gasteiger partial charge in [0.25, 0.3) is 0 Å². The van der Waals surface area contributed by atoms with Crippen molar-refractivity contribution < 1.29 is 9.59 Å². The molecule has 2 aliphatic rings. The predicted octanol–water partition coefficient (Wildman–Crippen LogP) is 3.52. The first-order valence-corrected chi connectivity index (χ1v) is 9.88. The van der Waals surface area contributed by atoms with Crippen LogP contribution in [0.2, 0.25) is 0 Å². The maximum Gasteiger partial charge on any atom is 0.228 e. The molecular weight excluding hydrogens is 328 g/mol. The first-order valence-electron chi connectivity index (χ1n) is 8.08. The van der Waals surface area contributed by atoms with Crippen molar-refractivity contribution >= 4 is 39.1 Å². The molecule has 0 spiro atoms. The molecule has 2 heterocycles. The van der Waals surface area contributed by atoms with Crippen LogP contribution in [-0.2, 0) is 22.4 Å². The van der Waals surface area contributed by atoms with Gasteiger partial charge in [0, 0.05) is 30.5 Å². The number of carbonyl (C=O) groups excluding carboxylic acids is 2. The van der Waals surface area contributed by atoms with Gasteiger partial charge in [-0.3, -0.25) is 9.59 Å². The van der Waals surface area contributed by atoms with Gasteiger partial charge in [-0.25, -0.2) is 0 Å². The summed E-state index contributed by atoms with van der Waals surface area (Å²) in [6.07, 6.45) is 5.98. The molecule has 1 unspecified atom stereocenters. The van der Waals surface area contributed by atoms with Gasteiger partial charge in [-0.1, -0.05) is 18.2 Å². The smallest absolute Gasteiger partial charge is 0.228 e. The molecule has 1 amide bonds. The number of thiophene rings is 1. The normalized spacial score (nSPS) is 21.0. The van der Waals surface area contributed by atoms with Crippen molar-refractivity contribution in [3.05, 3.63) is 16.0 Å². The Morgan fingerprint density at radius 2 is 2.17 bits per heavy atom. The number of hydrogen-bond donors (Lipinski definition) is 0.